The number of benzene rings is 3. The lowest BCUT2D eigenvalue weighted by atomic mass is 9.77. The van der Waals surface area contributed by atoms with Crippen molar-refractivity contribution < 1.29 is 0 Å². The Labute approximate surface area is 205 Å². The Bertz CT molecular complexity index is 1550. The van der Waals surface area contributed by atoms with E-state index in [1.54, 1.807) is 12.4 Å². The normalized spacial score (nSPS) is 13.1. The molecule has 0 aliphatic heterocycles. The van der Waals surface area contributed by atoms with Crippen molar-refractivity contribution >= 4 is 0 Å². The topological polar surface area (TPSA) is 49.6 Å². The second kappa shape index (κ2) is 8.04. The van der Waals surface area contributed by atoms with Gasteiger partial charge in [-0.2, -0.15) is 5.26 Å². The van der Waals surface area contributed by atoms with Crippen molar-refractivity contribution in [3.8, 4) is 50.6 Å². The number of hydrogen-bond acceptors (Lipinski definition) is 3. The molecule has 35 heavy (non-hydrogen) atoms. The van der Waals surface area contributed by atoms with Crippen LogP contribution in [-0.4, -0.2) is 9.97 Å². The predicted molar refractivity (Wildman–Crippen MR) is 141 cm³/mol. The minimum atomic E-state index is -0.299. The van der Waals surface area contributed by atoms with Gasteiger partial charge in [0.25, 0.3) is 0 Å². The Morgan fingerprint density at radius 1 is 0.600 bits per heavy atom. The van der Waals surface area contributed by atoms with Gasteiger partial charge in [0, 0.05) is 41.3 Å². The first-order valence-corrected chi connectivity index (χ1v) is 11.7. The summed E-state index contributed by atoms with van der Waals surface area (Å²) in [6, 6.07) is 29.8. The van der Waals surface area contributed by atoms with Gasteiger partial charge >= 0.3 is 0 Å². The Balaban J connectivity index is 1.63. The number of pyridine rings is 2. The highest BCUT2D eigenvalue weighted by molar-refractivity contribution is 5.91. The summed E-state index contributed by atoms with van der Waals surface area (Å²) < 4.78 is 0. The molecule has 3 nitrogen and oxygen atoms in total. The van der Waals surface area contributed by atoms with Gasteiger partial charge in [-0.3, -0.25) is 9.97 Å². The van der Waals surface area contributed by atoms with Crippen LogP contribution in [0.15, 0.2) is 104 Å². The molecular weight excluding hydrogens is 426 g/mol. The van der Waals surface area contributed by atoms with Crippen LogP contribution < -0.4 is 0 Å². The summed E-state index contributed by atoms with van der Waals surface area (Å²) in [7, 11) is 0. The van der Waals surface area contributed by atoms with Gasteiger partial charge in [0.05, 0.1) is 11.6 Å². The first-order valence-electron chi connectivity index (χ1n) is 11.7. The van der Waals surface area contributed by atoms with Crippen LogP contribution in [0.3, 0.4) is 0 Å². The molecule has 0 unspecified atom stereocenters. The van der Waals surface area contributed by atoms with Crippen LogP contribution >= 0.6 is 0 Å². The number of fused-ring (bicyclic) bond motifs is 3. The molecule has 0 amide bonds. The Hall–Kier alpha value is -4.55. The van der Waals surface area contributed by atoms with Crippen molar-refractivity contribution in [3.63, 3.8) is 0 Å². The number of hydrogen-bond donors (Lipinski definition) is 0. The van der Waals surface area contributed by atoms with Crippen molar-refractivity contribution in [1.29, 1.82) is 5.26 Å². The van der Waals surface area contributed by atoms with E-state index in [-0.39, 0.29) is 5.41 Å². The van der Waals surface area contributed by atoms with Crippen molar-refractivity contribution in [2.24, 2.45) is 0 Å². The van der Waals surface area contributed by atoms with Gasteiger partial charge < -0.3 is 0 Å². The quantitative estimate of drug-likeness (QED) is 0.284. The third-order valence-corrected chi connectivity index (χ3v) is 7.02. The van der Waals surface area contributed by atoms with Gasteiger partial charge in [-0.15, -0.1) is 0 Å². The van der Waals surface area contributed by atoms with Crippen LogP contribution in [0, 0.1) is 11.3 Å². The fraction of sp³-hybridized carbons (Fsp3) is 0.0938. The summed E-state index contributed by atoms with van der Waals surface area (Å²) >= 11 is 0. The SMILES string of the molecule is CC1(C)c2c(C#N)cccc2-c2cccc(-c3cc(-c4cccnc4)cc(-c4cccnc4)c3)c21. The molecule has 6 rings (SSSR count). The van der Waals surface area contributed by atoms with Gasteiger partial charge in [-0.1, -0.05) is 56.3 Å². The Kier molecular flexibility index (Phi) is 4.83. The maximum atomic E-state index is 9.86. The summed E-state index contributed by atoms with van der Waals surface area (Å²) in [6.45, 7) is 4.46. The monoisotopic (exact) mass is 449 g/mol. The molecule has 0 saturated carbocycles. The van der Waals surface area contributed by atoms with Crippen molar-refractivity contribution in [2.45, 2.75) is 19.3 Å². The molecule has 0 fully saturated rings. The number of rotatable bonds is 3. The first kappa shape index (κ1) is 21.0. The minimum Gasteiger partial charge on any atom is -0.264 e. The standard InChI is InChI=1S/C32H23N3/c1-32(2)30-21(18-33)7-3-11-28(30)29-12-4-10-27(31(29)32)26-16-24(22-8-5-13-34-19-22)15-25(17-26)23-9-6-14-35-20-23/h3-17,19-20H,1-2H3. The summed E-state index contributed by atoms with van der Waals surface area (Å²) in [6.07, 6.45) is 7.40. The lowest BCUT2D eigenvalue weighted by molar-refractivity contribution is 0.660. The second-order valence-corrected chi connectivity index (χ2v) is 9.48. The first-order chi connectivity index (χ1) is 17.1. The summed E-state index contributed by atoms with van der Waals surface area (Å²) in [5.41, 5.74) is 11.9. The van der Waals surface area contributed by atoms with Crippen LogP contribution in [0.5, 0.6) is 0 Å². The molecular formula is C32H23N3. The van der Waals surface area contributed by atoms with Crippen molar-refractivity contribution in [3.05, 3.63) is 120 Å². The number of aromatic nitrogens is 2. The molecule has 3 aromatic carbocycles. The Morgan fingerprint density at radius 2 is 1.14 bits per heavy atom. The van der Waals surface area contributed by atoms with E-state index < -0.39 is 0 Å². The maximum absolute atomic E-state index is 9.86. The van der Waals surface area contributed by atoms with Crippen LogP contribution in [0.25, 0.3) is 44.5 Å². The number of nitriles is 1. The van der Waals surface area contributed by atoms with Crippen LogP contribution in [0.1, 0.15) is 30.5 Å². The molecule has 2 aromatic heterocycles. The van der Waals surface area contributed by atoms with E-state index in [0.717, 1.165) is 44.5 Å². The molecule has 3 heteroatoms. The molecule has 0 radical (unpaired) electrons. The fourth-order valence-corrected chi connectivity index (χ4v) is 5.54. The average Bonchev–Trinajstić information content (AvgIpc) is 3.16. The molecule has 1 aliphatic carbocycles. The highest BCUT2D eigenvalue weighted by Crippen LogP contribution is 2.53. The predicted octanol–water partition coefficient (Wildman–Crippen LogP) is 7.66. The molecule has 5 aromatic rings. The zero-order valence-corrected chi connectivity index (χ0v) is 19.7. The van der Waals surface area contributed by atoms with E-state index in [0.29, 0.717) is 0 Å². The van der Waals surface area contributed by atoms with Crippen molar-refractivity contribution in [1.82, 2.24) is 9.97 Å². The van der Waals surface area contributed by atoms with E-state index >= 15 is 0 Å². The third kappa shape index (κ3) is 3.34. The van der Waals surface area contributed by atoms with E-state index in [4.69, 9.17) is 0 Å². The minimum absolute atomic E-state index is 0.299. The molecule has 0 spiro atoms. The molecule has 0 N–H and O–H groups in total. The van der Waals surface area contributed by atoms with E-state index in [2.05, 4.69) is 84.5 Å². The fourth-order valence-electron chi connectivity index (χ4n) is 5.54. The van der Waals surface area contributed by atoms with Gasteiger partial charge in [-0.05, 0) is 80.9 Å². The highest BCUT2D eigenvalue weighted by atomic mass is 14.6. The largest absolute Gasteiger partial charge is 0.264 e. The highest BCUT2D eigenvalue weighted by Gasteiger charge is 2.39. The van der Waals surface area contributed by atoms with E-state index in [9.17, 15) is 5.26 Å². The van der Waals surface area contributed by atoms with Crippen LogP contribution in [0.4, 0.5) is 0 Å². The molecule has 0 saturated heterocycles. The van der Waals surface area contributed by atoms with Gasteiger partial charge in [0.1, 0.15) is 0 Å². The van der Waals surface area contributed by atoms with Gasteiger partial charge in [0.2, 0.25) is 0 Å². The van der Waals surface area contributed by atoms with E-state index in [1.165, 1.54) is 16.7 Å². The molecule has 1 aliphatic rings. The zero-order chi connectivity index (χ0) is 24.0. The summed E-state index contributed by atoms with van der Waals surface area (Å²) in [4.78, 5) is 8.70. The molecule has 0 bridgehead atoms. The summed E-state index contributed by atoms with van der Waals surface area (Å²) in [5.74, 6) is 0. The van der Waals surface area contributed by atoms with E-state index in [1.807, 2.05) is 36.7 Å². The maximum Gasteiger partial charge on any atom is 0.0995 e. The molecule has 166 valence electrons. The van der Waals surface area contributed by atoms with Crippen LogP contribution in [0.2, 0.25) is 0 Å². The summed E-state index contributed by atoms with van der Waals surface area (Å²) in [5, 5.41) is 9.86. The third-order valence-electron chi connectivity index (χ3n) is 7.02. The van der Waals surface area contributed by atoms with Gasteiger partial charge in [0.15, 0.2) is 0 Å². The van der Waals surface area contributed by atoms with Gasteiger partial charge in [-0.25, -0.2) is 0 Å². The lowest BCUT2D eigenvalue weighted by Gasteiger charge is -2.25. The molecule has 0 atom stereocenters. The second-order valence-electron chi connectivity index (χ2n) is 9.48. The lowest BCUT2D eigenvalue weighted by Crippen LogP contribution is -2.17. The Morgan fingerprint density at radius 3 is 1.71 bits per heavy atom. The smallest absolute Gasteiger partial charge is 0.0995 e. The number of nitrogens with zero attached hydrogens (tertiary/aromatic N) is 3. The molecule has 2 heterocycles. The van der Waals surface area contributed by atoms with Crippen LogP contribution in [-0.2, 0) is 5.41 Å². The van der Waals surface area contributed by atoms with Crippen molar-refractivity contribution in [2.75, 3.05) is 0 Å². The average molecular weight is 450 g/mol. The zero-order valence-electron chi connectivity index (χ0n) is 19.7.